The molecule has 0 aromatic heterocycles. The van der Waals surface area contributed by atoms with Crippen molar-refractivity contribution in [3.05, 3.63) is 524 Å². The van der Waals surface area contributed by atoms with E-state index in [1.165, 1.54) is 134 Å². The highest BCUT2D eigenvalue weighted by Crippen LogP contribution is 2.71. The molecule has 16 aromatic rings. The van der Waals surface area contributed by atoms with Crippen molar-refractivity contribution in [3.63, 3.8) is 0 Å². The van der Waals surface area contributed by atoms with Gasteiger partial charge in [0.2, 0.25) is 0 Å². The molecule has 1 aliphatic carbocycles. The summed E-state index contributed by atoms with van der Waals surface area (Å²) in [6, 6.07) is 158. The molecule has 0 saturated carbocycles. The molecule has 0 spiro atoms. The third-order valence-electron chi connectivity index (χ3n) is 24.0. The number of nitrogens with zero attached hydrogens (tertiary/aromatic N) is 2. The SMILES string of the molecule is c1ccc(C2(c3ccccc3)c3cc4c(cc3-c3cc5c(cc32)N2c3ccccc3C(c3ccccc3)(c3ccccc3)c3cccc(c32)C5(c2ccccc2)c2ccccc2)C(c2ccccc2)(c2ccccc2)c2cccc3c2N4c2ccccc2C3(c2ccccc2)c2ccccc2)cc1. The highest BCUT2D eigenvalue weighted by atomic mass is 15.2. The van der Waals surface area contributed by atoms with Crippen LogP contribution in [-0.2, 0) is 27.1 Å². The van der Waals surface area contributed by atoms with Crippen molar-refractivity contribution >= 4 is 34.1 Å². The Balaban J connectivity index is 0.955. The molecule has 4 heterocycles. The molecule has 21 rings (SSSR count). The molecular weight excluding hydrogens is 1240 g/mol. The van der Waals surface area contributed by atoms with Crippen molar-refractivity contribution < 1.29 is 0 Å². The maximum atomic E-state index is 2.70. The molecule has 5 aliphatic rings. The average molecular weight is 1310 g/mol. The smallest absolute Gasteiger partial charge is 0.0742 e. The maximum absolute atomic E-state index is 2.70. The van der Waals surface area contributed by atoms with E-state index in [-0.39, 0.29) is 0 Å². The Morgan fingerprint density at radius 3 is 0.553 bits per heavy atom. The average Bonchev–Trinajstić information content (AvgIpc) is 1.65. The second-order valence-corrected chi connectivity index (χ2v) is 28.3. The molecule has 0 bridgehead atoms. The number of fused-ring (bicyclic) bond motifs is 11. The van der Waals surface area contributed by atoms with Gasteiger partial charge in [-0.3, -0.25) is 0 Å². The third-order valence-corrected chi connectivity index (χ3v) is 24.0. The van der Waals surface area contributed by atoms with Crippen LogP contribution >= 0.6 is 0 Å². The number of hydrogen-bond donors (Lipinski definition) is 0. The van der Waals surface area contributed by atoms with Gasteiger partial charge in [0, 0.05) is 0 Å². The minimum absolute atomic E-state index is 0.724. The fourth-order valence-electron chi connectivity index (χ4n) is 20.3. The van der Waals surface area contributed by atoms with E-state index in [1.807, 2.05) is 0 Å². The summed E-state index contributed by atoms with van der Waals surface area (Å²) in [5.74, 6) is 0. The lowest BCUT2D eigenvalue weighted by molar-refractivity contribution is 0.687. The van der Waals surface area contributed by atoms with Crippen LogP contribution in [0.5, 0.6) is 0 Å². The second kappa shape index (κ2) is 22.6. The summed E-state index contributed by atoms with van der Waals surface area (Å²) in [5, 5.41) is 0. The number of hydrogen-bond acceptors (Lipinski definition) is 2. The minimum atomic E-state index is -0.887. The number of rotatable bonds is 10. The van der Waals surface area contributed by atoms with Crippen molar-refractivity contribution in [3.8, 4) is 11.1 Å². The number of anilines is 6. The van der Waals surface area contributed by atoms with Gasteiger partial charge in [-0.2, -0.15) is 0 Å². The molecule has 2 heteroatoms. The van der Waals surface area contributed by atoms with Crippen LogP contribution in [0.25, 0.3) is 11.1 Å². The van der Waals surface area contributed by atoms with E-state index >= 15 is 0 Å². The van der Waals surface area contributed by atoms with Gasteiger partial charge in [0.05, 0.1) is 61.2 Å². The maximum Gasteiger partial charge on any atom is 0.0742 e. The van der Waals surface area contributed by atoms with Crippen molar-refractivity contribution in [1.29, 1.82) is 0 Å². The van der Waals surface area contributed by atoms with Gasteiger partial charge in [0.1, 0.15) is 0 Å². The molecule has 0 fully saturated rings. The van der Waals surface area contributed by atoms with Crippen LogP contribution < -0.4 is 9.80 Å². The lowest BCUT2D eigenvalue weighted by Gasteiger charge is -2.53. The first-order valence-electron chi connectivity index (χ1n) is 36.2. The van der Waals surface area contributed by atoms with Gasteiger partial charge in [0.25, 0.3) is 0 Å². The first-order chi connectivity index (χ1) is 51.1. The zero-order chi connectivity index (χ0) is 67.9. The fourth-order valence-corrected chi connectivity index (χ4v) is 20.3. The summed E-state index contributed by atoms with van der Waals surface area (Å²) < 4.78 is 0. The largest absolute Gasteiger partial charge is 0.309 e. The molecule has 0 amide bonds. The Bertz CT molecular complexity index is 5430. The predicted molar refractivity (Wildman–Crippen MR) is 421 cm³/mol. The van der Waals surface area contributed by atoms with E-state index < -0.39 is 27.1 Å². The summed E-state index contributed by atoms with van der Waals surface area (Å²) in [7, 11) is 0. The summed E-state index contributed by atoms with van der Waals surface area (Å²) in [6.07, 6.45) is 0. The molecule has 103 heavy (non-hydrogen) atoms. The summed E-state index contributed by atoms with van der Waals surface area (Å²) in [6.45, 7) is 0. The van der Waals surface area contributed by atoms with Gasteiger partial charge in [-0.05, 0) is 159 Å². The Morgan fingerprint density at radius 2 is 0.320 bits per heavy atom. The highest BCUT2D eigenvalue weighted by molar-refractivity contribution is 6.04. The van der Waals surface area contributed by atoms with E-state index in [1.54, 1.807) is 0 Å². The zero-order valence-corrected chi connectivity index (χ0v) is 56.7. The lowest BCUT2D eigenvalue weighted by atomic mass is 9.57. The van der Waals surface area contributed by atoms with Crippen LogP contribution in [0.2, 0.25) is 0 Å². The minimum Gasteiger partial charge on any atom is -0.309 e. The Morgan fingerprint density at radius 1 is 0.136 bits per heavy atom. The van der Waals surface area contributed by atoms with Crippen molar-refractivity contribution in [2.45, 2.75) is 27.1 Å². The van der Waals surface area contributed by atoms with Crippen molar-refractivity contribution in [2.24, 2.45) is 0 Å². The van der Waals surface area contributed by atoms with Gasteiger partial charge >= 0.3 is 0 Å². The van der Waals surface area contributed by atoms with Gasteiger partial charge in [-0.25, -0.2) is 0 Å². The molecule has 482 valence electrons. The standard InChI is InChI=1S/C101H68N2/c1-11-37-69(38-12-1)97(70-39-13-2-14-40-70)81-57-31-33-63-91(81)102-93-67-87-79(65-89(93)99(73-45-19-5-20-46-73,74-47-21-6-22-48-74)85-61-35-59-83(97)95(85)102)80-66-90-94(68-88(80)101(87,77-53-27-9-28-54-77)78-55-29-10-30-56-78)103-92-64-34-32-58-82(92)98(71-41-15-3-16-42-71,72-43-17-4-18-44-72)84-60-36-62-86(96(84)103)100(90,75-49-23-7-24-50-75)76-51-25-8-26-52-76/h1-68H. The molecule has 2 nitrogen and oxygen atoms in total. The van der Waals surface area contributed by atoms with E-state index in [4.69, 9.17) is 0 Å². The van der Waals surface area contributed by atoms with Crippen LogP contribution in [0.4, 0.5) is 34.1 Å². The molecule has 16 aromatic carbocycles. The molecule has 0 N–H and O–H groups in total. The van der Waals surface area contributed by atoms with Crippen LogP contribution in [0.1, 0.15) is 111 Å². The third kappa shape index (κ3) is 7.66. The Hall–Kier alpha value is -12.9. The molecule has 0 radical (unpaired) electrons. The van der Waals surface area contributed by atoms with Crippen LogP contribution in [0.15, 0.2) is 413 Å². The summed E-state index contributed by atoms with van der Waals surface area (Å²) in [4.78, 5) is 5.39. The van der Waals surface area contributed by atoms with E-state index in [0.29, 0.717) is 0 Å². The monoisotopic (exact) mass is 1310 g/mol. The number of benzene rings is 16. The number of para-hydroxylation sites is 4. The van der Waals surface area contributed by atoms with E-state index in [0.717, 1.165) is 22.7 Å². The second-order valence-electron chi connectivity index (χ2n) is 28.3. The molecule has 0 atom stereocenters. The van der Waals surface area contributed by atoms with Crippen molar-refractivity contribution in [2.75, 3.05) is 9.80 Å². The quantitative estimate of drug-likeness (QED) is 0.135. The zero-order valence-electron chi connectivity index (χ0n) is 56.7. The van der Waals surface area contributed by atoms with Gasteiger partial charge in [-0.15, -0.1) is 0 Å². The topological polar surface area (TPSA) is 6.48 Å². The van der Waals surface area contributed by atoms with Crippen LogP contribution in [0, 0.1) is 0 Å². The Labute approximate surface area is 602 Å². The first kappa shape index (κ1) is 59.0. The molecule has 0 saturated heterocycles. The fraction of sp³-hybridized carbons (Fsp3) is 0.0495. The van der Waals surface area contributed by atoms with E-state index in [9.17, 15) is 0 Å². The van der Waals surface area contributed by atoms with Gasteiger partial charge in [-0.1, -0.05) is 376 Å². The first-order valence-corrected chi connectivity index (χ1v) is 36.2. The Kier molecular flexibility index (Phi) is 12.9. The van der Waals surface area contributed by atoms with Crippen LogP contribution in [-0.4, -0.2) is 0 Å². The van der Waals surface area contributed by atoms with E-state index in [2.05, 4.69) is 422 Å². The normalized spacial score (nSPS) is 15.5. The van der Waals surface area contributed by atoms with Crippen LogP contribution in [0.3, 0.4) is 0 Å². The van der Waals surface area contributed by atoms with Crippen molar-refractivity contribution in [1.82, 2.24) is 0 Å². The van der Waals surface area contributed by atoms with Gasteiger partial charge < -0.3 is 9.80 Å². The van der Waals surface area contributed by atoms with Gasteiger partial charge in [0.15, 0.2) is 0 Å². The molecule has 0 unspecified atom stereocenters. The summed E-state index contributed by atoms with van der Waals surface area (Å²) in [5.41, 5.74) is 29.6. The lowest BCUT2D eigenvalue weighted by Crippen LogP contribution is -2.44. The molecular formula is C101H68N2. The predicted octanol–water partition coefficient (Wildman–Crippen LogP) is 23.8. The molecule has 4 aliphatic heterocycles. The summed E-state index contributed by atoms with van der Waals surface area (Å²) >= 11 is 0. The highest BCUT2D eigenvalue weighted by Gasteiger charge is 2.59.